The Hall–Kier alpha value is -1.04. The van der Waals surface area contributed by atoms with Crippen LogP contribution in [0.25, 0.3) is 0 Å². The normalized spacial score (nSPS) is 11.4. The van der Waals surface area contributed by atoms with Gasteiger partial charge >= 0.3 is 6.18 Å². The fourth-order valence-electron chi connectivity index (χ4n) is 1.52. The van der Waals surface area contributed by atoms with E-state index in [9.17, 15) is 18.0 Å². The Labute approximate surface area is 111 Å². The fourth-order valence-corrected chi connectivity index (χ4v) is 1.72. The molecule has 0 N–H and O–H groups in total. The molecule has 0 spiro atoms. The Morgan fingerprint density at radius 2 is 2.06 bits per heavy atom. The molecule has 0 aromatic heterocycles. The maximum Gasteiger partial charge on any atom is 0.419 e. The van der Waals surface area contributed by atoms with Crippen LogP contribution >= 0.6 is 15.9 Å². The first-order valence-electron chi connectivity index (χ1n) is 5.29. The number of hydrogen-bond acceptors (Lipinski definition) is 2. The van der Waals surface area contributed by atoms with Crippen molar-refractivity contribution in [3.63, 3.8) is 0 Å². The van der Waals surface area contributed by atoms with Gasteiger partial charge in [0.2, 0.25) is 0 Å². The molecule has 0 atom stereocenters. The van der Waals surface area contributed by atoms with Gasteiger partial charge < -0.3 is 4.74 Å². The lowest BCUT2D eigenvalue weighted by Gasteiger charge is -2.16. The molecule has 1 aromatic rings. The molecule has 0 heterocycles. The van der Waals surface area contributed by atoms with E-state index < -0.39 is 11.7 Å². The third kappa shape index (κ3) is 3.73. The van der Waals surface area contributed by atoms with Crippen LogP contribution in [0.2, 0.25) is 0 Å². The molecule has 0 aliphatic carbocycles. The number of benzene rings is 1. The van der Waals surface area contributed by atoms with Crippen molar-refractivity contribution in [1.29, 1.82) is 0 Å². The quantitative estimate of drug-likeness (QED) is 0.773. The van der Waals surface area contributed by atoms with Crippen LogP contribution in [0.15, 0.2) is 18.2 Å². The summed E-state index contributed by atoms with van der Waals surface area (Å²) >= 11 is 2.98. The zero-order valence-electron chi connectivity index (χ0n) is 9.68. The van der Waals surface area contributed by atoms with Gasteiger partial charge in [-0.15, -0.1) is 0 Å². The molecule has 2 nitrogen and oxygen atoms in total. The van der Waals surface area contributed by atoms with E-state index in [0.717, 1.165) is 6.07 Å². The van der Waals surface area contributed by atoms with E-state index in [0.29, 0.717) is 0 Å². The Bertz CT molecular complexity index is 430. The highest BCUT2D eigenvalue weighted by atomic mass is 79.9. The van der Waals surface area contributed by atoms with Crippen molar-refractivity contribution in [2.75, 3.05) is 11.9 Å². The largest absolute Gasteiger partial charge is 0.493 e. The van der Waals surface area contributed by atoms with Crippen LogP contribution in [-0.4, -0.2) is 17.7 Å². The van der Waals surface area contributed by atoms with Crippen LogP contribution in [0, 0.1) is 0 Å². The van der Waals surface area contributed by atoms with E-state index in [4.69, 9.17) is 4.74 Å². The van der Waals surface area contributed by atoms with Gasteiger partial charge in [-0.3, -0.25) is 4.79 Å². The smallest absolute Gasteiger partial charge is 0.419 e. The molecule has 18 heavy (non-hydrogen) atoms. The van der Waals surface area contributed by atoms with Crippen LogP contribution in [0.1, 0.15) is 18.1 Å². The average Bonchev–Trinajstić information content (AvgIpc) is 2.30. The molecule has 0 aliphatic rings. The van der Waals surface area contributed by atoms with Crippen molar-refractivity contribution in [2.45, 2.75) is 19.5 Å². The molecule has 1 rings (SSSR count). The van der Waals surface area contributed by atoms with Gasteiger partial charge in [-0.2, -0.15) is 13.2 Å². The first-order valence-corrected chi connectivity index (χ1v) is 6.41. The van der Waals surface area contributed by atoms with Crippen molar-refractivity contribution in [3.8, 4) is 5.75 Å². The monoisotopic (exact) mass is 324 g/mol. The molecule has 0 saturated carbocycles. The summed E-state index contributed by atoms with van der Waals surface area (Å²) in [6, 6.07) is 3.70. The maximum atomic E-state index is 12.8. The molecule has 6 heteroatoms. The number of carbonyl (C=O) groups excluding carboxylic acids is 1. The van der Waals surface area contributed by atoms with Crippen LogP contribution in [0.5, 0.6) is 5.75 Å². The first-order chi connectivity index (χ1) is 8.40. The van der Waals surface area contributed by atoms with Gasteiger partial charge in [0.15, 0.2) is 0 Å². The minimum Gasteiger partial charge on any atom is -0.493 e. The van der Waals surface area contributed by atoms with Crippen molar-refractivity contribution < 1.29 is 22.7 Å². The summed E-state index contributed by atoms with van der Waals surface area (Å²) in [6.07, 6.45) is -4.57. The molecule has 1 aromatic carbocycles. The van der Waals surface area contributed by atoms with Gasteiger partial charge in [-0.1, -0.05) is 28.1 Å². The third-order valence-corrected chi connectivity index (χ3v) is 2.85. The Balaban J connectivity index is 3.21. The zero-order chi connectivity index (χ0) is 13.8. The molecule has 0 radical (unpaired) electrons. The van der Waals surface area contributed by atoms with E-state index >= 15 is 0 Å². The number of ether oxygens (including phenoxy) is 1. The second kappa shape index (κ2) is 6.22. The van der Waals surface area contributed by atoms with E-state index in [-0.39, 0.29) is 35.5 Å². The molecule has 0 unspecified atom stereocenters. The summed E-state index contributed by atoms with van der Waals surface area (Å²) in [5.41, 5.74) is -0.583. The standard InChI is InChI=1S/C12H12BrF3O2/c1-2-18-11-8(6-9(17)7-13)4-3-5-10(11)12(14,15)16/h3-5H,2,6-7H2,1H3. The highest BCUT2D eigenvalue weighted by molar-refractivity contribution is 9.09. The summed E-state index contributed by atoms with van der Waals surface area (Å²) in [6.45, 7) is 1.71. The lowest BCUT2D eigenvalue weighted by atomic mass is 10.0. The molecular weight excluding hydrogens is 313 g/mol. The number of carbonyl (C=O) groups is 1. The molecule has 0 fully saturated rings. The third-order valence-electron chi connectivity index (χ3n) is 2.23. The highest BCUT2D eigenvalue weighted by Crippen LogP contribution is 2.38. The predicted octanol–water partition coefficient (Wildman–Crippen LogP) is 3.61. The number of Topliss-reactive ketones (excluding diaryl/α,β-unsaturated/α-hetero) is 1. The lowest BCUT2D eigenvalue weighted by Crippen LogP contribution is -2.12. The van der Waals surface area contributed by atoms with Crippen LogP contribution in [-0.2, 0) is 17.4 Å². The van der Waals surface area contributed by atoms with Crippen molar-refractivity contribution >= 4 is 21.7 Å². The van der Waals surface area contributed by atoms with Crippen LogP contribution < -0.4 is 4.74 Å². The molecule has 0 amide bonds. The summed E-state index contributed by atoms with van der Waals surface area (Å²) < 4.78 is 43.4. The summed E-state index contributed by atoms with van der Waals surface area (Å²) in [5.74, 6) is -0.447. The number of alkyl halides is 4. The minimum absolute atomic E-state index is 0.0789. The SMILES string of the molecule is CCOc1c(CC(=O)CBr)cccc1C(F)(F)F. The molecular formula is C12H12BrF3O2. The molecule has 100 valence electrons. The number of rotatable bonds is 5. The minimum atomic E-state index is -4.49. The number of hydrogen-bond donors (Lipinski definition) is 0. The second-order valence-electron chi connectivity index (χ2n) is 3.57. The van der Waals surface area contributed by atoms with Gasteiger partial charge in [0.05, 0.1) is 17.5 Å². The summed E-state index contributed by atoms with van der Waals surface area (Å²) in [4.78, 5) is 11.3. The van der Waals surface area contributed by atoms with Crippen molar-refractivity contribution in [3.05, 3.63) is 29.3 Å². The number of ketones is 1. The number of halogens is 4. The lowest BCUT2D eigenvalue weighted by molar-refractivity contribution is -0.139. The van der Waals surface area contributed by atoms with E-state index in [1.54, 1.807) is 6.92 Å². The zero-order valence-corrected chi connectivity index (χ0v) is 11.3. The van der Waals surface area contributed by atoms with Gasteiger partial charge in [0.1, 0.15) is 11.5 Å². The number of para-hydroxylation sites is 1. The Kier molecular flexibility index (Phi) is 5.19. The van der Waals surface area contributed by atoms with Crippen molar-refractivity contribution in [2.24, 2.45) is 0 Å². The van der Waals surface area contributed by atoms with Crippen molar-refractivity contribution in [1.82, 2.24) is 0 Å². The Morgan fingerprint density at radius 3 is 2.56 bits per heavy atom. The summed E-state index contributed by atoms with van der Waals surface area (Å²) in [7, 11) is 0. The van der Waals surface area contributed by atoms with Crippen LogP contribution in [0.4, 0.5) is 13.2 Å². The molecule has 0 aliphatic heterocycles. The van der Waals surface area contributed by atoms with E-state index in [1.807, 2.05) is 0 Å². The highest BCUT2D eigenvalue weighted by Gasteiger charge is 2.35. The Morgan fingerprint density at radius 1 is 1.39 bits per heavy atom. The topological polar surface area (TPSA) is 26.3 Å². The van der Waals surface area contributed by atoms with Crippen LogP contribution in [0.3, 0.4) is 0 Å². The second-order valence-corrected chi connectivity index (χ2v) is 4.13. The van der Waals surface area contributed by atoms with E-state index in [2.05, 4.69) is 15.9 Å². The van der Waals surface area contributed by atoms with Gasteiger partial charge in [0.25, 0.3) is 0 Å². The molecule has 0 bridgehead atoms. The molecule has 0 saturated heterocycles. The predicted molar refractivity (Wildman–Crippen MR) is 65.1 cm³/mol. The average molecular weight is 325 g/mol. The van der Waals surface area contributed by atoms with E-state index in [1.165, 1.54) is 12.1 Å². The first kappa shape index (κ1) is 15.0. The van der Waals surface area contributed by atoms with Gasteiger partial charge in [-0.05, 0) is 13.0 Å². The van der Waals surface area contributed by atoms with Gasteiger partial charge in [-0.25, -0.2) is 0 Å². The fraction of sp³-hybridized carbons (Fsp3) is 0.417. The van der Waals surface area contributed by atoms with Gasteiger partial charge in [0, 0.05) is 12.0 Å². The summed E-state index contributed by atoms with van der Waals surface area (Å²) in [5, 5.41) is 0.106. The maximum absolute atomic E-state index is 12.8.